The maximum Gasteiger partial charge on any atom is 0.416 e. The zero-order valence-corrected chi connectivity index (χ0v) is 17.3. The number of aromatic nitrogens is 3. The fraction of sp³-hybridized carbons (Fsp3) is 0.318. The highest BCUT2D eigenvalue weighted by Gasteiger charge is 2.31. The highest BCUT2D eigenvalue weighted by Crippen LogP contribution is 2.31. The molecule has 2 aromatic heterocycles. The number of rotatable bonds is 3. The Morgan fingerprint density at radius 1 is 1.16 bits per heavy atom. The molecule has 1 aliphatic heterocycles. The van der Waals surface area contributed by atoms with Gasteiger partial charge in [-0.2, -0.15) is 18.3 Å². The fourth-order valence-corrected chi connectivity index (χ4v) is 3.52. The molecule has 3 heterocycles. The fourth-order valence-electron chi connectivity index (χ4n) is 3.52. The Bertz CT molecular complexity index is 1110. The molecule has 4 rings (SSSR count). The average Bonchev–Trinajstić information content (AvgIpc) is 3.06. The SMILES string of the molecule is CC.Cc1nn(-c2ccnc(Cc3cc(F)cc(C(F)(F)F)c3)c2)c2c1C(=O)NCC2. The van der Waals surface area contributed by atoms with E-state index >= 15 is 0 Å². The highest BCUT2D eigenvalue weighted by molar-refractivity contribution is 5.97. The number of halogens is 4. The van der Waals surface area contributed by atoms with Crippen molar-refractivity contribution in [1.29, 1.82) is 0 Å². The van der Waals surface area contributed by atoms with Crippen LogP contribution >= 0.6 is 0 Å². The summed E-state index contributed by atoms with van der Waals surface area (Å²) in [7, 11) is 0. The topological polar surface area (TPSA) is 59.8 Å². The third-order valence-electron chi connectivity index (χ3n) is 4.75. The van der Waals surface area contributed by atoms with Crippen molar-refractivity contribution in [2.24, 2.45) is 0 Å². The number of alkyl halides is 3. The number of nitrogens with one attached hydrogen (secondary N) is 1. The Balaban J connectivity index is 0.00000132. The summed E-state index contributed by atoms with van der Waals surface area (Å²) in [5.74, 6) is -1.13. The lowest BCUT2D eigenvalue weighted by atomic mass is 10.0. The number of fused-ring (bicyclic) bond motifs is 1. The van der Waals surface area contributed by atoms with Crippen LogP contribution in [-0.4, -0.2) is 27.2 Å². The third-order valence-corrected chi connectivity index (χ3v) is 4.75. The number of carbonyl (C=O) groups excluding carboxylic acids is 1. The molecular weight excluding hydrogens is 412 g/mol. The van der Waals surface area contributed by atoms with Crippen molar-refractivity contribution in [3.63, 3.8) is 0 Å². The van der Waals surface area contributed by atoms with E-state index in [1.54, 1.807) is 23.7 Å². The lowest BCUT2D eigenvalue weighted by Crippen LogP contribution is -2.32. The summed E-state index contributed by atoms with van der Waals surface area (Å²) < 4.78 is 54.1. The van der Waals surface area contributed by atoms with Crippen LogP contribution in [0.1, 0.15) is 52.4 Å². The maximum absolute atomic E-state index is 13.7. The molecule has 0 fully saturated rings. The van der Waals surface area contributed by atoms with Crippen LogP contribution in [-0.2, 0) is 19.0 Å². The molecule has 0 radical (unpaired) electrons. The van der Waals surface area contributed by atoms with Crippen LogP contribution in [0.15, 0.2) is 36.5 Å². The second kappa shape index (κ2) is 8.87. The van der Waals surface area contributed by atoms with Crippen LogP contribution in [0.4, 0.5) is 17.6 Å². The summed E-state index contributed by atoms with van der Waals surface area (Å²) in [6, 6.07) is 5.83. The van der Waals surface area contributed by atoms with Crippen molar-refractivity contribution >= 4 is 5.91 Å². The quantitative estimate of drug-likeness (QED) is 0.611. The molecular formula is C22H22F4N4O. The van der Waals surface area contributed by atoms with Crippen molar-refractivity contribution in [3.05, 3.63) is 76.1 Å². The summed E-state index contributed by atoms with van der Waals surface area (Å²) in [5.41, 5.74) is 2.13. The Labute approximate surface area is 177 Å². The van der Waals surface area contributed by atoms with Crippen molar-refractivity contribution in [1.82, 2.24) is 20.1 Å². The molecule has 1 amide bonds. The molecule has 1 aliphatic rings. The van der Waals surface area contributed by atoms with Crippen LogP contribution in [0, 0.1) is 12.7 Å². The lowest BCUT2D eigenvalue weighted by Gasteiger charge is -2.15. The number of amides is 1. The van der Waals surface area contributed by atoms with Gasteiger partial charge in [0, 0.05) is 31.3 Å². The molecule has 1 N–H and O–H groups in total. The van der Waals surface area contributed by atoms with Crippen LogP contribution in [0.2, 0.25) is 0 Å². The molecule has 0 aliphatic carbocycles. The van der Waals surface area contributed by atoms with Gasteiger partial charge in [0.15, 0.2) is 0 Å². The number of aryl methyl sites for hydroxylation is 1. The average molecular weight is 434 g/mol. The highest BCUT2D eigenvalue weighted by atomic mass is 19.4. The zero-order chi connectivity index (χ0) is 22.8. The molecule has 0 saturated heterocycles. The normalized spacial score (nSPS) is 13.2. The van der Waals surface area contributed by atoms with Gasteiger partial charge in [0.1, 0.15) is 5.82 Å². The van der Waals surface area contributed by atoms with Crippen LogP contribution < -0.4 is 5.32 Å². The van der Waals surface area contributed by atoms with Gasteiger partial charge in [0.05, 0.1) is 28.2 Å². The molecule has 9 heteroatoms. The molecule has 1 aromatic carbocycles. The predicted octanol–water partition coefficient (Wildman–Crippen LogP) is 4.64. The van der Waals surface area contributed by atoms with Gasteiger partial charge in [-0.3, -0.25) is 9.78 Å². The van der Waals surface area contributed by atoms with Crippen molar-refractivity contribution in [2.45, 2.75) is 39.8 Å². The summed E-state index contributed by atoms with van der Waals surface area (Å²) in [4.78, 5) is 16.3. The molecule has 3 aromatic rings. The number of benzene rings is 1. The molecule has 0 spiro atoms. The Hall–Kier alpha value is -3.23. The molecule has 0 bridgehead atoms. The molecule has 0 atom stereocenters. The second-order valence-electron chi connectivity index (χ2n) is 6.85. The summed E-state index contributed by atoms with van der Waals surface area (Å²) >= 11 is 0. The predicted molar refractivity (Wildman–Crippen MR) is 108 cm³/mol. The van der Waals surface area contributed by atoms with E-state index in [0.717, 1.165) is 17.8 Å². The number of hydrogen-bond donors (Lipinski definition) is 1. The number of carbonyl (C=O) groups is 1. The summed E-state index contributed by atoms with van der Waals surface area (Å²) in [6.45, 7) is 6.24. The molecule has 0 saturated carbocycles. The van der Waals surface area contributed by atoms with E-state index in [2.05, 4.69) is 15.4 Å². The van der Waals surface area contributed by atoms with Gasteiger partial charge in [0.2, 0.25) is 0 Å². The first-order chi connectivity index (χ1) is 14.7. The number of hydrogen-bond acceptors (Lipinski definition) is 3. The maximum atomic E-state index is 13.7. The molecule has 5 nitrogen and oxygen atoms in total. The first-order valence-corrected chi connectivity index (χ1v) is 9.91. The molecule has 0 unspecified atom stereocenters. The summed E-state index contributed by atoms with van der Waals surface area (Å²) in [6.07, 6.45) is -2.48. The van der Waals surface area contributed by atoms with E-state index in [1.165, 1.54) is 6.20 Å². The van der Waals surface area contributed by atoms with E-state index in [9.17, 15) is 22.4 Å². The Morgan fingerprint density at radius 2 is 1.90 bits per heavy atom. The van der Waals surface area contributed by atoms with E-state index < -0.39 is 17.6 Å². The van der Waals surface area contributed by atoms with E-state index in [4.69, 9.17) is 0 Å². The van der Waals surface area contributed by atoms with Crippen LogP contribution in [0.3, 0.4) is 0 Å². The van der Waals surface area contributed by atoms with Gasteiger partial charge < -0.3 is 5.32 Å². The van der Waals surface area contributed by atoms with E-state index in [1.807, 2.05) is 13.8 Å². The minimum atomic E-state index is -4.63. The molecule has 31 heavy (non-hydrogen) atoms. The largest absolute Gasteiger partial charge is 0.416 e. The smallest absolute Gasteiger partial charge is 0.352 e. The van der Waals surface area contributed by atoms with Gasteiger partial charge in [-0.05, 0) is 42.8 Å². The monoisotopic (exact) mass is 434 g/mol. The number of pyridine rings is 1. The van der Waals surface area contributed by atoms with Crippen molar-refractivity contribution in [2.75, 3.05) is 6.54 Å². The van der Waals surface area contributed by atoms with E-state index in [-0.39, 0.29) is 17.9 Å². The molecule has 164 valence electrons. The van der Waals surface area contributed by atoms with Crippen LogP contribution in [0.25, 0.3) is 5.69 Å². The Kier molecular flexibility index (Phi) is 6.42. The van der Waals surface area contributed by atoms with E-state index in [0.29, 0.717) is 41.7 Å². The van der Waals surface area contributed by atoms with Gasteiger partial charge in [-0.25, -0.2) is 9.07 Å². The Morgan fingerprint density at radius 3 is 2.61 bits per heavy atom. The number of nitrogens with zero attached hydrogens (tertiary/aromatic N) is 3. The third kappa shape index (κ3) is 4.76. The minimum absolute atomic E-state index is 0.0254. The van der Waals surface area contributed by atoms with Gasteiger partial charge in [-0.1, -0.05) is 13.8 Å². The lowest BCUT2D eigenvalue weighted by molar-refractivity contribution is -0.137. The minimum Gasteiger partial charge on any atom is -0.352 e. The van der Waals surface area contributed by atoms with Crippen LogP contribution in [0.5, 0.6) is 0 Å². The van der Waals surface area contributed by atoms with Gasteiger partial charge >= 0.3 is 6.18 Å². The van der Waals surface area contributed by atoms with Crippen molar-refractivity contribution < 1.29 is 22.4 Å². The summed E-state index contributed by atoms with van der Waals surface area (Å²) in [5, 5.41) is 7.22. The second-order valence-corrected chi connectivity index (χ2v) is 6.85. The van der Waals surface area contributed by atoms with Gasteiger partial charge in [-0.15, -0.1) is 0 Å². The van der Waals surface area contributed by atoms with Crippen molar-refractivity contribution in [3.8, 4) is 5.69 Å². The standard InChI is InChI=1S/C20H16F4N4O.C2H6/c1-11-18-17(3-5-26-19(18)29)28(27-11)16-2-4-25-15(10-16)8-12-6-13(20(22,23)24)9-14(21)7-12;1-2/h2,4,6-7,9-10H,3,5,8H2,1H3,(H,26,29);1-2H3. The first-order valence-electron chi connectivity index (χ1n) is 9.91. The zero-order valence-electron chi connectivity index (χ0n) is 17.3. The van der Waals surface area contributed by atoms with Gasteiger partial charge in [0.25, 0.3) is 5.91 Å². The first kappa shape index (κ1) is 22.5.